The summed E-state index contributed by atoms with van der Waals surface area (Å²) in [6.45, 7) is 0. The van der Waals surface area contributed by atoms with Crippen LogP contribution < -0.4 is 15.8 Å². The summed E-state index contributed by atoms with van der Waals surface area (Å²) in [5.41, 5.74) is -0.133. The summed E-state index contributed by atoms with van der Waals surface area (Å²) in [6.07, 6.45) is 0. The number of carbonyl (C=O) groups excluding carboxylic acids is 1. The highest BCUT2D eigenvalue weighted by molar-refractivity contribution is 7.89. The summed E-state index contributed by atoms with van der Waals surface area (Å²) in [5, 5.41) is 9.21. The molecule has 0 radical (unpaired) electrons. The lowest BCUT2D eigenvalue weighted by Crippen LogP contribution is -2.25. The molecular weight excluding hydrogens is 237 g/mol. The summed E-state index contributed by atoms with van der Waals surface area (Å²) in [4.78, 5) is 10.5. The molecule has 0 fully saturated rings. The molecule has 0 spiro atoms. The van der Waals surface area contributed by atoms with Gasteiger partial charge < -0.3 is 10.6 Å². The second kappa shape index (κ2) is 4.45. The van der Waals surface area contributed by atoms with Gasteiger partial charge in [0.1, 0.15) is 5.82 Å². The Kier molecular flexibility index (Phi) is 3.45. The summed E-state index contributed by atoms with van der Waals surface area (Å²) in [7, 11) is -2.58. The molecule has 0 bridgehead atoms. The highest BCUT2D eigenvalue weighted by Gasteiger charge is 2.12. The zero-order valence-electron chi connectivity index (χ0n) is 8.32. The summed E-state index contributed by atoms with van der Waals surface area (Å²) >= 11 is 0. The van der Waals surface area contributed by atoms with Gasteiger partial charge >= 0.3 is 6.03 Å². The maximum absolute atomic E-state index is 13.3. The molecule has 1 rings (SSSR count). The number of sulfonamides is 1. The van der Waals surface area contributed by atoms with Gasteiger partial charge in [0.15, 0.2) is 0 Å². The minimum Gasteiger partial charge on any atom is -0.341 e. The zero-order valence-corrected chi connectivity index (χ0v) is 9.14. The van der Waals surface area contributed by atoms with Crippen LogP contribution in [0.4, 0.5) is 14.9 Å². The molecule has 0 aliphatic rings. The Hall–Kier alpha value is -1.67. The van der Waals surface area contributed by atoms with Gasteiger partial charge in [-0.25, -0.2) is 22.7 Å². The van der Waals surface area contributed by atoms with Crippen molar-refractivity contribution in [3.05, 3.63) is 24.0 Å². The van der Waals surface area contributed by atoms with Gasteiger partial charge in [-0.2, -0.15) is 0 Å². The standard InChI is InChI=1S/C8H10FN3O3S/c1-11-8(13)12-7-3-2-5(4-6(7)9)16(10,14)15/h2-4H,1H3,(H2,10,14,15)(H2,11,12,13). The maximum Gasteiger partial charge on any atom is 0.319 e. The van der Waals surface area contributed by atoms with E-state index in [0.29, 0.717) is 0 Å². The van der Waals surface area contributed by atoms with Crippen molar-refractivity contribution in [1.82, 2.24) is 5.32 Å². The Balaban J connectivity index is 3.06. The van der Waals surface area contributed by atoms with Crippen molar-refractivity contribution in [3.8, 4) is 0 Å². The molecule has 0 saturated carbocycles. The fraction of sp³-hybridized carbons (Fsp3) is 0.125. The first kappa shape index (κ1) is 12.4. The predicted octanol–water partition coefficient (Wildman–Crippen LogP) is 0.224. The molecule has 16 heavy (non-hydrogen) atoms. The molecule has 1 aromatic carbocycles. The number of hydrogen-bond donors (Lipinski definition) is 3. The van der Waals surface area contributed by atoms with Crippen molar-refractivity contribution in [3.63, 3.8) is 0 Å². The molecule has 0 unspecified atom stereocenters. The fourth-order valence-corrected chi connectivity index (χ4v) is 1.48. The number of rotatable bonds is 2. The lowest BCUT2D eigenvalue weighted by molar-refractivity contribution is 0.254. The Morgan fingerprint density at radius 3 is 2.50 bits per heavy atom. The van der Waals surface area contributed by atoms with Crippen molar-refractivity contribution in [2.45, 2.75) is 4.90 Å². The molecule has 0 atom stereocenters. The Morgan fingerprint density at radius 1 is 1.44 bits per heavy atom. The Bertz CT molecular complexity index is 515. The highest BCUT2D eigenvalue weighted by atomic mass is 32.2. The SMILES string of the molecule is CNC(=O)Nc1ccc(S(N)(=O)=O)cc1F. The first-order chi connectivity index (χ1) is 7.34. The van der Waals surface area contributed by atoms with Gasteiger partial charge in [0, 0.05) is 7.05 Å². The van der Waals surface area contributed by atoms with Gasteiger partial charge in [-0.05, 0) is 18.2 Å². The Labute approximate surface area is 91.7 Å². The number of halogens is 1. The van der Waals surface area contributed by atoms with Crippen molar-refractivity contribution in [1.29, 1.82) is 0 Å². The van der Waals surface area contributed by atoms with Gasteiger partial charge in [-0.1, -0.05) is 0 Å². The smallest absolute Gasteiger partial charge is 0.319 e. The lowest BCUT2D eigenvalue weighted by Gasteiger charge is -2.06. The van der Waals surface area contributed by atoms with E-state index in [0.717, 1.165) is 18.2 Å². The topological polar surface area (TPSA) is 101 Å². The highest BCUT2D eigenvalue weighted by Crippen LogP contribution is 2.17. The first-order valence-corrected chi connectivity index (χ1v) is 5.70. The number of urea groups is 1. The zero-order chi connectivity index (χ0) is 12.3. The van der Waals surface area contributed by atoms with Gasteiger partial charge in [0.05, 0.1) is 10.6 Å². The predicted molar refractivity (Wildman–Crippen MR) is 55.9 cm³/mol. The number of nitrogens with one attached hydrogen (secondary N) is 2. The number of nitrogens with two attached hydrogens (primary N) is 1. The van der Waals surface area contributed by atoms with Crippen molar-refractivity contribution in [2.24, 2.45) is 5.14 Å². The first-order valence-electron chi connectivity index (χ1n) is 4.15. The van der Waals surface area contributed by atoms with Gasteiger partial charge in [0.25, 0.3) is 0 Å². The quantitative estimate of drug-likeness (QED) is 0.696. The molecule has 2 amide bonds. The molecule has 0 heterocycles. The second-order valence-corrected chi connectivity index (χ2v) is 4.45. The molecule has 6 nitrogen and oxygen atoms in total. The van der Waals surface area contributed by atoms with Gasteiger partial charge in [0.2, 0.25) is 10.0 Å². The average molecular weight is 247 g/mol. The van der Waals surface area contributed by atoms with Gasteiger partial charge in [-0.15, -0.1) is 0 Å². The minimum absolute atomic E-state index is 0.133. The van der Waals surface area contributed by atoms with Crippen molar-refractivity contribution in [2.75, 3.05) is 12.4 Å². The molecule has 0 aliphatic heterocycles. The van der Waals surface area contributed by atoms with Crippen LogP contribution in [0.25, 0.3) is 0 Å². The summed E-state index contributed by atoms with van der Waals surface area (Å²) < 4.78 is 35.1. The number of anilines is 1. The average Bonchev–Trinajstić information content (AvgIpc) is 2.19. The molecule has 8 heteroatoms. The number of hydrogen-bond acceptors (Lipinski definition) is 3. The summed E-state index contributed by atoms with van der Waals surface area (Å²) in [5.74, 6) is -0.880. The van der Waals surface area contributed by atoms with Crippen molar-refractivity contribution >= 4 is 21.7 Å². The lowest BCUT2D eigenvalue weighted by atomic mass is 10.3. The molecule has 88 valence electrons. The van der Waals surface area contributed by atoms with E-state index in [1.807, 2.05) is 0 Å². The molecule has 1 aromatic rings. The third-order valence-electron chi connectivity index (χ3n) is 1.74. The number of primary sulfonamides is 1. The fourth-order valence-electron chi connectivity index (χ4n) is 0.959. The summed E-state index contributed by atoms with van der Waals surface area (Å²) in [6, 6.07) is 2.34. The monoisotopic (exact) mass is 247 g/mol. The maximum atomic E-state index is 13.3. The van der Waals surface area contributed by atoms with Crippen LogP contribution in [-0.4, -0.2) is 21.5 Å². The van der Waals surface area contributed by atoms with Crippen LogP contribution in [0.1, 0.15) is 0 Å². The molecule has 0 aromatic heterocycles. The molecule has 4 N–H and O–H groups in total. The van der Waals surface area contributed by atoms with E-state index in [1.54, 1.807) is 0 Å². The molecule has 0 aliphatic carbocycles. The van der Waals surface area contributed by atoms with Crippen molar-refractivity contribution < 1.29 is 17.6 Å². The normalized spacial score (nSPS) is 10.9. The minimum atomic E-state index is -3.94. The van der Waals surface area contributed by atoms with E-state index < -0.39 is 21.9 Å². The number of benzene rings is 1. The van der Waals surface area contributed by atoms with E-state index in [-0.39, 0.29) is 10.6 Å². The van der Waals surface area contributed by atoms with Crippen LogP contribution in [0.5, 0.6) is 0 Å². The number of amides is 2. The van der Waals surface area contributed by atoms with Crippen LogP contribution >= 0.6 is 0 Å². The van der Waals surface area contributed by atoms with Crippen LogP contribution in [0.3, 0.4) is 0 Å². The van der Waals surface area contributed by atoms with Crippen LogP contribution in [0.15, 0.2) is 23.1 Å². The second-order valence-electron chi connectivity index (χ2n) is 2.89. The molecule has 0 saturated heterocycles. The Morgan fingerprint density at radius 2 is 2.06 bits per heavy atom. The largest absolute Gasteiger partial charge is 0.341 e. The number of carbonyl (C=O) groups is 1. The van der Waals surface area contributed by atoms with E-state index in [1.165, 1.54) is 7.05 Å². The third-order valence-corrected chi connectivity index (χ3v) is 2.66. The van der Waals surface area contributed by atoms with Crippen LogP contribution in [-0.2, 0) is 10.0 Å². The van der Waals surface area contributed by atoms with Gasteiger partial charge in [-0.3, -0.25) is 0 Å². The van der Waals surface area contributed by atoms with E-state index in [4.69, 9.17) is 5.14 Å². The van der Waals surface area contributed by atoms with E-state index in [9.17, 15) is 17.6 Å². The third kappa shape index (κ3) is 2.91. The van der Waals surface area contributed by atoms with E-state index in [2.05, 4.69) is 10.6 Å². The molecular formula is C8H10FN3O3S. The van der Waals surface area contributed by atoms with Crippen LogP contribution in [0, 0.1) is 5.82 Å². The van der Waals surface area contributed by atoms with E-state index >= 15 is 0 Å². The van der Waals surface area contributed by atoms with Crippen LogP contribution in [0.2, 0.25) is 0 Å².